The van der Waals surface area contributed by atoms with Crippen molar-refractivity contribution in [2.75, 3.05) is 13.7 Å². The van der Waals surface area contributed by atoms with E-state index in [9.17, 15) is 0 Å². The third-order valence-corrected chi connectivity index (χ3v) is 4.19. The SMILES string of the molecule is CCOC1(C(NC)c2ccco2)CCC(C)CC1. The Morgan fingerprint density at radius 2 is 2.22 bits per heavy atom. The van der Waals surface area contributed by atoms with Crippen molar-refractivity contribution in [1.29, 1.82) is 0 Å². The maximum Gasteiger partial charge on any atom is 0.123 e. The van der Waals surface area contributed by atoms with E-state index in [1.165, 1.54) is 12.8 Å². The lowest BCUT2D eigenvalue weighted by Crippen LogP contribution is -2.47. The van der Waals surface area contributed by atoms with Crippen LogP contribution in [-0.4, -0.2) is 19.3 Å². The summed E-state index contributed by atoms with van der Waals surface area (Å²) in [4.78, 5) is 0. The van der Waals surface area contributed by atoms with Crippen LogP contribution in [0.5, 0.6) is 0 Å². The Kier molecular flexibility index (Phi) is 4.46. The van der Waals surface area contributed by atoms with Crippen molar-refractivity contribution in [3.63, 3.8) is 0 Å². The molecule has 1 fully saturated rings. The molecule has 2 rings (SSSR count). The first-order valence-electron chi connectivity index (χ1n) is 7.06. The molecule has 102 valence electrons. The number of nitrogens with one attached hydrogen (secondary N) is 1. The van der Waals surface area contributed by atoms with Crippen LogP contribution in [0.2, 0.25) is 0 Å². The molecular formula is C15H25NO2. The van der Waals surface area contributed by atoms with Gasteiger partial charge in [-0.1, -0.05) is 6.92 Å². The molecule has 1 saturated carbocycles. The topological polar surface area (TPSA) is 34.4 Å². The van der Waals surface area contributed by atoms with Crippen LogP contribution in [0.25, 0.3) is 0 Å². The molecule has 0 aromatic carbocycles. The summed E-state index contributed by atoms with van der Waals surface area (Å²) >= 11 is 0. The molecule has 1 heterocycles. The second kappa shape index (κ2) is 5.89. The van der Waals surface area contributed by atoms with Gasteiger partial charge in [-0.25, -0.2) is 0 Å². The van der Waals surface area contributed by atoms with Crippen LogP contribution in [0.4, 0.5) is 0 Å². The maximum atomic E-state index is 6.17. The number of ether oxygens (including phenoxy) is 1. The van der Waals surface area contributed by atoms with Gasteiger partial charge in [-0.3, -0.25) is 0 Å². The number of hydrogen-bond acceptors (Lipinski definition) is 3. The smallest absolute Gasteiger partial charge is 0.123 e. The summed E-state index contributed by atoms with van der Waals surface area (Å²) < 4.78 is 11.8. The monoisotopic (exact) mass is 251 g/mol. The van der Waals surface area contributed by atoms with E-state index >= 15 is 0 Å². The molecule has 1 unspecified atom stereocenters. The zero-order valence-corrected chi connectivity index (χ0v) is 11.7. The van der Waals surface area contributed by atoms with E-state index in [4.69, 9.17) is 9.15 Å². The van der Waals surface area contributed by atoms with Crippen molar-refractivity contribution in [3.05, 3.63) is 24.2 Å². The summed E-state index contributed by atoms with van der Waals surface area (Å²) in [5.41, 5.74) is -0.103. The fourth-order valence-corrected chi connectivity index (χ4v) is 3.17. The molecule has 0 bridgehead atoms. The second-order valence-corrected chi connectivity index (χ2v) is 5.42. The third-order valence-electron chi connectivity index (χ3n) is 4.19. The molecule has 0 radical (unpaired) electrons. The van der Waals surface area contributed by atoms with E-state index < -0.39 is 0 Å². The summed E-state index contributed by atoms with van der Waals surface area (Å²) in [6.07, 6.45) is 6.42. The van der Waals surface area contributed by atoms with Gasteiger partial charge in [0.1, 0.15) is 5.76 Å². The van der Waals surface area contributed by atoms with E-state index in [-0.39, 0.29) is 11.6 Å². The fraction of sp³-hybridized carbons (Fsp3) is 0.733. The Morgan fingerprint density at radius 3 is 2.72 bits per heavy atom. The molecule has 0 amide bonds. The maximum absolute atomic E-state index is 6.17. The summed E-state index contributed by atoms with van der Waals surface area (Å²) in [5.74, 6) is 1.80. The first-order valence-corrected chi connectivity index (χ1v) is 7.06. The highest BCUT2D eigenvalue weighted by Gasteiger charge is 2.43. The zero-order chi connectivity index (χ0) is 13.0. The fourth-order valence-electron chi connectivity index (χ4n) is 3.17. The lowest BCUT2D eigenvalue weighted by molar-refractivity contribution is -0.0999. The predicted molar refractivity (Wildman–Crippen MR) is 72.5 cm³/mol. The highest BCUT2D eigenvalue weighted by Crippen LogP contribution is 2.43. The van der Waals surface area contributed by atoms with Gasteiger partial charge in [-0.05, 0) is 57.7 Å². The van der Waals surface area contributed by atoms with E-state index in [1.54, 1.807) is 6.26 Å². The molecule has 3 nitrogen and oxygen atoms in total. The molecule has 1 aromatic heterocycles. The standard InChI is InChI=1S/C15H25NO2/c1-4-18-15(9-7-12(2)8-10-15)14(16-3)13-6-5-11-17-13/h5-6,11-12,14,16H,4,7-10H2,1-3H3. The highest BCUT2D eigenvalue weighted by atomic mass is 16.5. The molecule has 1 aliphatic rings. The molecule has 1 N–H and O–H groups in total. The second-order valence-electron chi connectivity index (χ2n) is 5.42. The van der Waals surface area contributed by atoms with Crippen molar-refractivity contribution < 1.29 is 9.15 Å². The first-order chi connectivity index (χ1) is 8.72. The highest BCUT2D eigenvalue weighted by molar-refractivity contribution is 5.12. The van der Waals surface area contributed by atoms with Gasteiger partial charge in [0.15, 0.2) is 0 Å². The predicted octanol–water partition coefficient (Wildman–Crippen LogP) is 3.53. The minimum Gasteiger partial charge on any atom is -0.468 e. The molecule has 0 spiro atoms. The largest absolute Gasteiger partial charge is 0.468 e. The van der Waals surface area contributed by atoms with E-state index in [0.717, 1.165) is 31.1 Å². The third kappa shape index (κ3) is 2.62. The van der Waals surface area contributed by atoms with Crippen molar-refractivity contribution in [3.8, 4) is 0 Å². The van der Waals surface area contributed by atoms with Crippen molar-refractivity contribution in [2.24, 2.45) is 5.92 Å². The normalized spacial score (nSPS) is 30.3. The van der Waals surface area contributed by atoms with Crippen molar-refractivity contribution >= 4 is 0 Å². The summed E-state index contributed by atoms with van der Waals surface area (Å²) in [6.45, 7) is 5.17. The molecular weight excluding hydrogens is 226 g/mol. The Hall–Kier alpha value is -0.800. The van der Waals surface area contributed by atoms with Gasteiger partial charge >= 0.3 is 0 Å². The molecule has 3 heteroatoms. The number of hydrogen-bond donors (Lipinski definition) is 1. The van der Waals surface area contributed by atoms with Gasteiger partial charge < -0.3 is 14.5 Å². The molecule has 1 aromatic rings. The first kappa shape index (κ1) is 13.6. The van der Waals surface area contributed by atoms with Crippen LogP contribution >= 0.6 is 0 Å². The summed E-state index contributed by atoms with van der Waals surface area (Å²) in [5, 5.41) is 3.40. The van der Waals surface area contributed by atoms with Crippen LogP contribution in [0, 0.1) is 5.92 Å². The Morgan fingerprint density at radius 1 is 1.50 bits per heavy atom. The van der Waals surface area contributed by atoms with Crippen LogP contribution < -0.4 is 5.32 Å². The quantitative estimate of drug-likeness (QED) is 0.869. The van der Waals surface area contributed by atoms with Gasteiger partial charge in [0.25, 0.3) is 0 Å². The zero-order valence-electron chi connectivity index (χ0n) is 11.7. The minimum atomic E-state index is -0.103. The van der Waals surface area contributed by atoms with Crippen LogP contribution in [0.1, 0.15) is 51.3 Å². The van der Waals surface area contributed by atoms with Gasteiger partial charge in [0, 0.05) is 6.61 Å². The van der Waals surface area contributed by atoms with Gasteiger partial charge in [0.05, 0.1) is 17.9 Å². The van der Waals surface area contributed by atoms with Crippen molar-refractivity contribution in [2.45, 2.75) is 51.2 Å². The van der Waals surface area contributed by atoms with Crippen LogP contribution in [0.15, 0.2) is 22.8 Å². The van der Waals surface area contributed by atoms with Gasteiger partial charge in [-0.15, -0.1) is 0 Å². The molecule has 0 aliphatic heterocycles. The Balaban J connectivity index is 2.22. The summed E-state index contributed by atoms with van der Waals surface area (Å²) in [6, 6.07) is 4.14. The molecule has 1 aliphatic carbocycles. The van der Waals surface area contributed by atoms with E-state index in [2.05, 4.69) is 19.2 Å². The van der Waals surface area contributed by atoms with Crippen LogP contribution in [0.3, 0.4) is 0 Å². The van der Waals surface area contributed by atoms with Crippen LogP contribution in [-0.2, 0) is 4.74 Å². The van der Waals surface area contributed by atoms with Gasteiger partial charge in [-0.2, -0.15) is 0 Å². The number of furan rings is 1. The molecule has 1 atom stereocenters. The Labute approximate surface area is 110 Å². The lowest BCUT2D eigenvalue weighted by Gasteiger charge is -2.43. The average molecular weight is 251 g/mol. The molecule has 18 heavy (non-hydrogen) atoms. The van der Waals surface area contributed by atoms with E-state index in [0.29, 0.717) is 0 Å². The minimum absolute atomic E-state index is 0.103. The number of likely N-dealkylation sites (N-methyl/N-ethyl adjacent to an activating group) is 1. The molecule has 0 saturated heterocycles. The van der Waals surface area contributed by atoms with Crippen molar-refractivity contribution in [1.82, 2.24) is 5.32 Å². The average Bonchev–Trinajstić information content (AvgIpc) is 2.88. The lowest BCUT2D eigenvalue weighted by atomic mass is 9.74. The number of rotatable bonds is 5. The summed E-state index contributed by atoms with van der Waals surface area (Å²) in [7, 11) is 1.99. The Bertz CT molecular complexity index is 339. The van der Waals surface area contributed by atoms with Gasteiger partial charge in [0.2, 0.25) is 0 Å². The van der Waals surface area contributed by atoms with E-state index in [1.807, 2.05) is 19.2 Å².